The zero-order valence-corrected chi connectivity index (χ0v) is 21.6. The van der Waals surface area contributed by atoms with E-state index in [4.69, 9.17) is 19.6 Å². The first kappa shape index (κ1) is 26.0. The number of carbonyl (C=O) groups is 1. The molecular weight excluding hydrogens is 456 g/mol. The van der Waals surface area contributed by atoms with Gasteiger partial charge >= 0.3 is 0 Å². The predicted octanol–water partition coefficient (Wildman–Crippen LogP) is 3.27. The van der Waals surface area contributed by atoms with E-state index in [1.54, 1.807) is 21.3 Å². The molecule has 2 aliphatic rings. The molecule has 1 aliphatic heterocycles. The van der Waals surface area contributed by atoms with Crippen molar-refractivity contribution < 1.29 is 19.0 Å². The number of hydrogen-bond acceptors (Lipinski definition) is 6. The minimum absolute atomic E-state index is 0.0995. The maximum atomic E-state index is 13.2. The van der Waals surface area contributed by atoms with Crippen molar-refractivity contribution in [2.45, 2.75) is 37.3 Å². The average molecular weight is 495 g/mol. The summed E-state index contributed by atoms with van der Waals surface area (Å²) in [5, 5.41) is 12.4. The van der Waals surface area contributed by atoms with Crippen molar-refractivity contribution >= 4 is 11.7 Å². The van der Waals surface area contributed by atoms with Crippen molar-refractivity contribution in [2.24, 2.45) is 0 Å². The van der Waals surface area contributed by atoms with Gasteiger partial charge in [-0.05, 0) is 37.3 Å². The number of nitrogens with zero attached hydrogens (tertiary/aromatic N) is 2. The molecule has 0 radical (unpaired) electrons. The monoisotopic (exact) mass is 494 g/mol. The molecule has 2 N–H and O–H groups in total. The van der Waals surface area contributed by atoms with Crippen molar-refractivity contribution in [3.63, 3.8) is 0 Å². The first-order valence-electron chi connectivity index (χ1n) is 12.7. The summed E-state index contributed by atoms with van der Waals surface area (Å²) in [4.78, 5) is 17.3. The summed E-state index contributed by atoms with van der Waals surface area (Å²) in [6.45, 7) is 3.16. The molecular formula is C28H38N4O4. The molecule has 0 spiro atoms. The summed E-state index contributed by atoms with van der Waals surface area (Å²) in [5.74, 6) is 1.77. The Morgan fingerprint density at radius 2 is 1.72 bits per heavy atom. The molecule has 2 fully saturated rings. The highest BCUT2D eigenvalue weighted by Gasteiger charge is 2.47. The van der Waals surface area contributed by atoms with E-state index in [0.29, 0.717) is 50.1 Å². The number of carbonyl (C=O) groups excluding carboxylic acids is 1. The van der Waals surface area contributed by atoms with Crippen molar-refractivity contribution in [1.29, 1.82) is 5.41 Å². The highest BCUT2D eigenvalue weighted by molar-refractivity contribution is 5.88. The highest BCUT2D eigenvalue weighted by Crippen LogP contribution is 2.39. The lowest BCUT2D eigenvalue weighted by molar-refractivity contribution is -0.167. The molecule has 1 aliphatic carbocycles. The van der Waals surface area contributed by atoms with Crippen LogP contribution in [0.5, 0.6) is 11.5 Å². The average Bonchev–Trinajstić information content (AvgIpc) is 2.89. The maximum absolute atomic E-state index is 13.2. The molecule has 194 valence electrons. The van der Waals surface area contributed by atoms with E-state index in [9.17, 15) is 4.79 Å². The van der Waals surface area contributed by atoms with Gasteiger partial charge in [-0.15, -0.1) is 0 Å². The second-order valence-corrected chi connectivity index (χ2v) is 9.44. The zero-order valence-electron chi connectivity index (χ0n) is 21.6. The molecule has 1 heterocycles. The third-order valence-corrected chi connectivity index (χ3v) is 7.48. The fourth-order valence-electron chi connectivity index (χ4n) is 5.22. The normalized spacial score (nSPS) is 18.1. The number of amidine groups is 1. The van der Waals surface area contributed by atoms with Crippen LogP contribution < -0.4 is 14.8 Å². The van der Waals surface area contributed by atoms with Crippen LogP contribution in [0.25, 0.3) is 0 Å². The zero-order chi connectivity index (χ0) is 25.5. The van der Waals surface area contributed by atoms with E-state index in [0.717, 1.165) is 31.2 Å². The van der Waals surface area contributed by atoms with Crippen molar-refractivity contribution in [3.8, 4) is 11.5 Å². The number of hydrogen-bond donors (Lipinski definition) is 2. The lowest BCUT2D eigenvalue weighted by Gasteiger charge is -2.45. The summed E-state index contributed by atoms with van der Waals surface area (Å²) in [6, 6.07) is 15.7. The van der Waals surface area contributed by atoms with Crippen LogP contribution >= 0.6 is 0 Å². The number of piperazine rings is 1. The molecule has 1 saturated carbocycles. The minimum Gasteiger partial charge on any atom is -0.493 e. The molecule has 0 aromatic heterocycles. The fourth-order valence-corrected chi connectivity index (χ4v) is 5.22. The van der Waals surface area contributed by atoms with Gasteiger partial charge in [0.05, 0.1) is 20.3 Å². The van der Waals surface area contributed by atoms with Crippen LogP contribution in [0.3, 0.4) is 0 Å². The molecule has 1 unspecified atom stereocenters. The van der Waals surface area contributed by atoms with E-state index in [2.05, 4.69) is 22.3 Å². The van der Waals surface area contributed by atoms with Gasteiger partial charge in [-0.2, -0.15) is 0 Å². The molecule has 1 saturated heterocycles. The molecule has 8 nitrogen and oxygen atoms in total. The number of rotatable bonds is 10. The van der Waals surface area contributed by atoms with Gasteiger partial charge in [0.2, 0.25) is 0 Å². The fraction of sp³-hybridized carbons (Fsp3) is 0.500. The Balaban J connectivity index is 1.50. The molecule has 2 aromatic carbocycles. The Labute approximate surface area is 214 Å². The van der Waals surface area contributed by atoms with E-state index in [1.807, 2.05) is 41.3 Å². The maximum Gasteiger partial charge on any atom is 0.254 e. The molecule has 2 aromatic rings. The SMILES string of the molecule is COc1cccc(C(C(=N)NCCc2ccccc2)N2CCN(C(=O)C3(OC)CCC3)CC2)c1OC. The molecule has 8 heteroatoms. The van der Waals surface area contributed by atoms with Gasteiger partial charge in [-0.1, -0.05) is 42.5 Å². The molecule has 1 atom stereocenters. The molecule has 0 bridgehead atoms. The molecule has 36 heavy (non-hydrogen) atoms. The van der Waals surface area contributed by atoms with E-state index in [-0.39, 0.29) is 11.9 Å². The van der Waals surface area contributed by atoms with Crippen LogP contribution in [0.4, 0.5) is 0 Å². The van der Waals surface area contributed by atoms with E-state index >= 15 is 0 Å². The summed E-state index contributed by atoms with van der Waals surface area (Å²) < 4.78 is 16.9. The van der Waals surface area contributed by atoms with Crippen LogP contribution in [-0.4, -0.2) is 81.2 Å². The van der Waals surface area contributed by atoms with Crippen LogP contribution in [0, 0.1) is 5.41 Å². The summed E-state index contributed by atoms with van der Waals surface area (Å²) in [5.41, 5.74) is 1.47. The number of nitrogens with one attached hydrogen (secondary N) is 2. The van der Waals surface area contributed by atoms with Gasteiger partial charge in [-0.25, -0.2) is 0 Å². The first-order chi connectivity index (χ1) is 17.5. The Kier molecular flexibility index (Phi) is 8.48. The highest BCUT2D eigenvalue weighted by atomic mass is 16.5. The molecule has 4 rings (SSSR count). The van der Waals surface area contributed by atoms with Crippen LogP contribution in [0.1, 0.15) is 36.4 Å². The largest absolute Gasteiger partial charge is 0.493 e. The van der Waals surface area contributed by atoms with E-state index in [1.165, 1.54) is 5.56 Å². The van der Waals surface area contributed by atoms with Gasteiger partial charge in [0, 0.05) is 45.4 Å². The third kappa shape index (κ3) is 5.34. The van der Waals surface area contributed by atoms with Crippen LogP contribution in [0.2, 0.25) is 0 Å². The van der Waals surface area contributed by atoms with Gasteiger partial charge in [0.15, 0.2) is 11.5 Å². The number of para-hydroxylation sites is 1. The quantitative estimate of drug-likeness (QED) is 0.390. The lowest BCUT2D eigenvalue weighted by atomic mass is 9.78. The van der Waals surface area contributed by atoms with Gasteiger partial charge in [0.25, 0.3) is 5.91 Å². The van der Waals surface area contributed by atoms with Gasteiger partial charge in [0.1, 0.15) is 11.4 Å². The number of methoxy groups -OCH3 is 3. The second kappa shape index (κ2) is 11.8. The van der Waals surface area contributed by atoms with E-state index < -0.39 is 5.60 Å². The number of benzene rings is 2. The first-order valence-corrected chi connectivity index (χ1v) is 12.7. The lowest BCUT2D eigenvalue weighted by Crippen LogP contribution is -2.59. The summed E-state index contributed by atoms with van der Waals surface area (Å²) in [7, 11) is 4.89. The Morgan fingerprint density at radius 1 is 1.00 bits per heavy atom. The topological polar surface area (TPSA) is 87.1 Å². The summed E-state index contributed by atoms with van der Waals surface area (Å²) in [6.07, 6.45) is 3.44. The standard InChI is InChI=1S/C28H38N4O4/c1-34-23-12-7-11-22(25(23)35-2)24(26(29)30-16-13-21-9-5-4-6-10-21)31-17-19-32(20-18-31)27(33)28(36-3)14-8-15-28/h4-7,9-12,24H,8,13-20H2,1-3H3,(H2,29,30). The smallest absolute Gasteiger partial charge is 0.254 e. The van der Waals surface area contributed by atoms with Crippen molar-refractivity contribution in [2.75, 3.05) is 54.1 Å². The van der Waals surface area contributed by atoms with Crippen molar-refractivity contribution in [3.05, 3.63) is 59.7 Å². The second-order valence-electron chi connectivity index (χ2n) is 9.44. The summed E-state index contributed by atoms with van der Waals surface area (Å²) >= 11 is 0. The minimum atomic E-state index is -0.636. The van der Waals surface area contributed by atoms with Crippen LogP contribution in [-0.2, 0) is 16.0 Å². The van der Waals surface area contributed by atoms with Gasteiger partial charge in [-0.3, -0.25) is 15.1 Å². The van der Waals surface area contributed by atoms with Crippen molar-refractivity contribution in [1.82, 2.24) is 15.1 Å². The van der Waals surface area contributed by atoms with Crippen LogP contribution in [0.15, 0.2) is 48.5 Å². The number of amides is 1. The third-order valence-electron chi connectivity index (χ3n) is 7.48. The Morgan fingerprint density at radius 3 is 2.31 bits per heavy atom. The number of ether oxygens (including phenoxy) is 3. The Bertz CT molecular complexity index is 1030. The predicted molar refractivity (Wildman–Crippen MR) is 140 cm³/mol. The molecule has 1 amide bonds. The Hall–Kier alpha value is -3.10. The van der Waals surface area contributed by atoms with Gasteiger partial charge < -0.3 is 24.4 Å².